The van der Waals surface area contributed by atoms with Crippen LogP contribution in [0, 0.1) is 0 Å². The third-order valence-electron chi connectivity index (χ3n) is 3.44. The predicted octanol–water partition coefficient (Wildman–Crippen LogP) is 0.395. The summed E-state index contributed by atoms with van der Waals surface area (Å²) in [6.45, 7) is 5.63. The van der Waals surface area contributed by atoms with Crippen molar-refractivity contribution in [1.29, 1.82) is 0 Å². The number of carbonyl (C=O) groups excluding carboxylic acids is 5. The number of carbonyl (C=O) groups is 5. The van der Waals surface area contributed by atoms with Gasteiger partial charge in [-0.05, 0) is 19.3 Å². The fourth-order valence-corrected chi connectivity index (χ4v) is 1.94. The third-order valence-corrected chi connectivity index (χ3v) is 3.44. The van der Waals surface area contributed by atoms with Crippen molar-refractivity contribution in [1.82, 2.24) is 10.6 Å². The summed E-state index contributed by atoms with van der Waals surface area (Å²) in [5.41, 5.74) is 0. The molecule has 0 aliphatic rings. The van der Waals surface area contributed by atoms with Gasteiger partial charge in [-0.25, -0.2) is 4.79 Å². The Kier molecular flexibility index (Phi) is 15.5. The van der Waals surface area contributed by atoms with Crippen molar-refractivity contribution >= 4 is 29.7 Å². The molecule has 0 bridgehead atoms. The van der Waals surface area contributed by atoms with Gasteiger partial charge in [0.25, 0.3) is 0 Å². The Morgan fingerprint density at radius 3 is 2.07 bits per heavy atom. The first-order valence-electron chi connectivity index (χ1n) is 9.52. The summed E-state index contributed by atoms with van der Waals surface area (Å²) in [6.07, 6.45) is 2.99. The second-order valence-corrected chi connectivity index (χ2v) is 5.85. The summed E-state index contributed by atoms with van der Waals surface area (Å²) in [7, 11) is 0. The van der Waals surface area contributed by atoms with Crippen LogP contribution in [0.5, 0.6) is 0 Å². The number of amides is 2. The number of nitrogens with one attached hydrogen (secondary N) is 2. The average Bonchev–Trinajstić information content (AvgIpc) is 2.70. The lowest BCUT2D eigenvalue weighted by atomic mass is 10.2. The van der Waals surface area contributed by atoms with Crippen molar-refractivity contribution in [2.45, 2.75) is 45.4 Å². The largest absolute Gasteiger partial charge is 0.465 e. The molecule has 2 N–H and O–H groups in total. The maximum Gasteiger partial charge on any atom is 0.330 e. The van der Waals surface area contributed by atoms with Crippen LogP contribution < -0.4 is 10.6 Å². The molecular formula is C19H30N2O8. The average molecular weight is 414 g/mol. The van der Waals surface area contributed by atoms with Gasteiger partial charge in [0, 0.05) is 32.0 Å². The number of unbranched alkanes of at least 4 members (excludes halogenated alkanes) is 2. The fraction of sp³-hybridized carbons (Fsp3) is 0.632. The summed E-state index contributed by atoms with van der Waals surface area (Å²) in [4.78, 5) is 56.3. The van der Waals surface area contributed by atoms with Gasteiger partial charge in [-0.3, -0.25) is 19.2 Å². The van der Waals surface area contributed by atoms with E-state index in [0.717, 1.165) is 6.08 Å². The Morgan fingerprint density at radius 2 is 1.41 bits per heavy atom. The van der Waals surface area contributed by atoms with Gasteiger partial charge in [0.05, 0.1) is 6.61 Å². The van der Waals surface area contributed by atoms with Crippen molar-refractivity contribution < 1.29 is 38.2 Å². The third kappa shape index (κ3) is 17.0. The van der Waals surface area contributed by atoms with E-state index < -0.39 is 23.8 Å². The van der Waals surface area contributed by atoms with E-state index in [2.05, 4.69) is 21.9 Å². The Morgan fingerprint density at radius 1 is 0.793 bits per heavy atom. The van der Waals surface area contributed by atoms with E-state index in [1.165, 1.54) is 0 Å². The molecule has 10 nitrogen and oxygen atoms in total. The SMILES string of the molecule is C=CC(=O)OCCOC(=O)CCCCCOC(=O)CC(=O)NCCNC(=O)CC. The van der Waals surface area contributed by atoms with Crippen LogP contribution >= 0.6 is 0 Å². The van der Waals surface area contributed by atoms with E-state index in [1.54, 1.807) is 6.92 Å². The highest BCUT2D eigenvalue weighted by atomic mass is 16.6. The molecule has 0 aliphatic carbocycles. The maximum absolute atomic E-state index is 11.5. The van der Waals surface area contributed by atoms with Crippen LogP contribution in [0.4, 0.5) is 0 Å². The molecule has 164 valence electrons. The molecule has 0 radical (unpaired) electrons. The standard InChI is InChI=1S/C19H30N2O8/c1-3-15(22)20-9-10-21-16(23)14-19(26)27-11-7-5-6-8-18(25)29-13-12-28-17(24)4-2/h4H,2-3,5-14H2,1H3,(H,20,22)(H,21,23). The highest BCUT2D eigenvalue weighted by molar-refractivity contribution is 5.94. The van der Waals surface area contributed by atoms with Crippen molar-refractivity contribution in [3.8, 4) is 0 Å². The molecule has 0 fully saturated rings. The molecule has 2 amide bonds. The maximum atomic E-state index is 11.5. The van der Waals surface area contributed by atoms with E-state index in [9.17, 15) is 24.0 Å². The lowest BCUT2D eigenvalue weighted by Gasteiger charge is -2.07. The second kappa shape index (κ2) is 17.2. The van der Waals surface area contributed by atoms with Crippen LogP contribution in [0.1, 0.15) is 45.4 Å². The van der Waals surface area contributed by atoms with Crippen molar-refractivity contribution in [2.75, 3.05) is 32.9 Å². The van der Waals surface area contributed by atoms with Crippen molar-refractivity contribution in [3.05, 3.63) is 12.7 Å². The molecule has 10 heteroatoms. The van der Waals surface area contributed by atoms with E-state index in [0.29, 0.717) is 32.2 Å². The zero-order chi connectivity index (χ0) is 21.9. The van der Waals surface area contributed by atoms with Crippen LogP contribution in [0.25, 0.3) is 0 Å². The summed E-state index contributed by atoms with van der Waals surface area (Å²) < 4.78 is 14.5. The predicted molar refractivity (Wildman–Crippen MR) is 102 cm³/mol. The van der Waals surface area contributed by atoms with Gasteiger partial charge in [-0.1, -0.05) is 13.5 Å². The van der Waals surface area contributed by atoms with Gasteiger partial charge in [-0.2, -0.15) is 0 Å². The lowest BCUT2D eigenvalue weighted by Crippen LogP contribution is -2.35. The Bertz CT molecular complexity index is 562. The lowest BCUT2D eigenvalue weighted by molar-refractivity contribution is -0.149. The first kappa shape index (κ1) is 26.1. The minimum absolute atomic E-state index is 0.0108. The van der Waals surface area contributed by atoms with Gasteiger partial charge >= 0.3 is 17.9 Å². The van der Waals surface area contributed by atoms with Crippen LogP contribution in [-0.2, 0) is 38.2 Å². The van der Waals surface area contributed by atoms with Crippen LogP contribution in [0.15, 0.2) is 12.7 Å². The molecular weight excluding hydrogens is 384 g/mol. The molecule has 0 saturated carbocycles. The fourth-order valence-electron chi connectivity index (χ4n) is 1.94. The summed E-state index contributed by atoms with van der Waals surface area (Å²) in [5.74, 6) is -2.19. The van der Waals surface area contributed by atoms with Gasteiger partial charge in [0.15, 0.2) is 0 Å². The monoisotopic (exact) mass is 414 g/mol. The molecule has 0 unspecified atom stereocenters. The van der Waals surface area contributed by atoms with Gasteiger partial charge < -0.3 is 24.8 Å². The Balaban J connectivity index is 3.55. The molecule has 29 heavy (non-hydrogen) atoms. The zero-order valence-corrected chi connectivity index (χ0v) is 16.8. The molecule has 0 aliphatic heterocycles. The Labute approximate surface area is 170 Å². The molecule has 0 aromatic rings. The Hall–Kier alpha value is -2.91. The topological polar surface area (TPSA) is 137 Å². The van der Waals surface area contributed by atoms with Crippen molar-refractivity contribution in [2.24, 2.45) is 0 Å². The quantitative estimate of drug-likeness (QED) is 0.122. The van der Waals surface area contributed by atoms with E-state index in [-0.39, 0.29) is 45.1 Å². The second-order valence-electron chi connectivity index (χ2n) is 5.85. The summed E-state index contributed by atoms with van der Waals surface area (Å²) >= 11 is 0. The first-order chi connectivity index (χ1) is 13.9. The minimum atomic E-state index is -0.631. The number of ether oxygens (including phenoxy) is 3. The summed E-state index contributed by atoms with van der Waals surface area (Å²) in [6, 6.07) is 0. The summed E-state index contributed by atoms with van der Waals surface area (Å²) in [5, 5.41) is 5.11. The van der Waals surface area contributed by atoms with Crippen molar-refractivity contribution in [3.63, 3.8) is 0 Å². The van der Waals surface area contributed by atoms with E-state index in [4.69, 9.17) is 9.47 Å². The molecule has 0 rings (SSSR count). The van der Waals surface area contributed by atoms with Crippen LogP contribution in [0.3, 0.4) is 0 Å². The van der Waals surface area contributed by atoms with E-state index in [1.807, 2.05) is 0 Å². The van der Waals surface area contributed by atoms with Gasteiger partial charge in [-0.15, -0.1) is 0 Å². The molecule has 0 aromatic carbocycles. The first-order valence-corrected chi connectivity index (χ1v) is 9.52. The zero-order valence-electron chi connectivity index (χ0n) is 16.8. The van der Waals surface area contributed by atoms with Gasteiger partial charge in [0.1, 0.15) is 19.6 Å². The molecule has 0 saturated heterocycles. The van der Waals surface area contributed by atoms with Crippen LogP contribution in [0.2, 0.25) is 0 Å². The van der Waals surface area contributed by atoms with Crippen LogP contribution in [-0.4, -0.2) is 62.6 Å². The number of hydrogen-bond acceptors (Lipinski definition) is 8. The molecule has 0 atom stereocenters. The highest BCUT2D eigenvalue weighted by Crippen LogP contribution is 2.02. The molecule has 0 heterocycles. The number of hydrogen-bond donors (Lipinski definition) is 2. The smallest absolute Gasteiger partial charge is 0.330 e. The van der Waals surface area contributed by atoms with E-state index >= 15 is 0 Å². The molecule has 0 aromatic heterocycles. The highest BCUT2D eigenvalue weighted by Gasteiger charge is 2.10. The minimum Gasteiger partial charge on any atom is -0.465 e. The van der Waals surface area contributed by atoms with Gasteiger partial charge in [0.2, 0.25) is 11.8 Å². The molecule has 0 spiro atoms. The normalized spacial score (nSPS) is 9.83. The number of esters is 3. The number of rotatable bonds is 16.